The van der Waals surface area contributed by atoms with E-state index < -0.39 is 0 Å². The Bertz CT molecular complexity index is 1190. The second-order valence-electron chi connectivity index (χ2n) is 7.22. The topological polar surface area (TPSA) is 59.8 Å². The van der Waals surface area contributed by atoms with Crippen LogP contribution in [0.4, 0.5) is 5.82 Å². The predicted molar refractivity (Wildman–Crippen MR) is 118 cm³/mol. The standard InChI is InChI=1S/C23H22N4OS/c1-14-5-8-18(9-6-14)20-13-29-23(24-20)27-21(12-17(4)26-27)25-22(28)19-10-7-15(2)16(3)11-19/h5-13H,1-4H3,(H,25,28). The lowest BCUT2D eigenvalue weighted by atomic mass is 10.1. The van der Waals surface area contributed by atoms with Gasteiger partial charge in [0.05, 0.1) is 11.4 Å². The highest BCUT2D eigenvalue weighted by molar-refractivity contribution is 7.12. The summed E-state index contributed by atoms with van der Waals surface area (Å²) in [6.45, 7) is 8.00. The first-order valence-corrected chi connectivity index (χ1v) is 10.3. The molecule has 1 amide bonds. The first-order valence-electron chi connectivity index (χ1n) is 9.39. The summed E-state index contributed by atoms with van der Waals surface area (Å²) < 4.78 is 1.69. The summed E-state index contributed by atoms with van der Waals surface area (Å²) in [5, 5.41) is 10.2. The number of rotatable bonds is 4. The molecule has 0 aliphatic heterocycles. The Labute approximate surface area is 174 Å². The summed E-state index contributed by atoms with van der Waals surface area (Å²) in [6, 6.07) is 15.8. The van der Waals surface area contributed by atoms with Gasteiger partial charge in [0.15, 0.2) is 0 Å². The molecule has 0 saturated heterocycles. The minimum Gasteiger partial charge on any atom is -0.306 e. The number of aryl methyl sites for hydroxylation is 4. The number of thiazole rings is 1. The van der Waals surface area contributed by atoms with Crippen molar-refractivity contribution < 1.29 is 4.79 Å². The number of hydrogen-bond donors (Lipinski definition) is 1. The van der Waals surface area contributed by atoms with Crippen LogP contribution in [0.3, 0.4) is 0 Å². The molecule has 0 saturated carbocycles. The Morgan fingerprint density at radius 2 is 1.72 bits per heavy atom. The van der Waals surface area contributed by atoms with Gasteiger partial charge in [-0.15, -0.1) is 11.3 Å². The van der Waals surface area contributed by atoms with Gasteiger partial charge in [-0.25, -0.2) is 4.98 Å². The van der Waals surface area contributed by atoms with Crippen LogP contribution in [-0.4, -0.2) is 20.7 Å². The Morgan fingerprint density at radius 1 is 0.966 bits per heavy atom. The number of nitrogens with zero attached hydrogens (tertiary/aromatic N) is 3. The second kappa shape index (κ2) is 7.64. The molecule has 2 heterocycles. The minimum absolute atomic E-state index is 0.162. The minimum atomic E-state index is -0.162. The number of carbonyl (C=O) groups is 1. The Kier molecular flexibility index (Phi) is 5.03. The molecule has 0 atom stereocenters. The van der Waals surface area contributed by atoms with Crippen molar-refractivity contribution in [3.05, 3.63) is 81.9 Å². The van der Waals surface area contributed by atoms with E-state index in [-0.39, 0.29) is 5.91 Å². The zero-order chi connectivity index (χ0) is 20.5. The van der Waals surface area contributed by atoms with Crippen molar-refractivity contribution in [2.75, 3.05) is 5.32 Å². The summed E-state index contributed by atoms with van der Waals surface area (Å²) in [5.74, 6) is 0.445. The number of anilines is 1. The number of carbonyl (C=O) groups excluding carboxylic acids is 1. The number of amides is 1. The number of aromatic nitrogens is 3. The third-order valence-corrected chi connectivity index (χ3v) is 5.68. The van der Waals surface area contributed by atoms with E-state index in [1.54, 1.807) is 4.68 Å². The fourth-order valence-electron chi connectivity index (χ4n) is 3.02. The zero-order valence-electron chi connectivity index (χ0n) is 16.9. The fourth-order valence-corrected chi connectivity index (χ4v) is 3.82. The summed E-state index contributed by atoms with van der Waals surface area (Å²) in [6.07, 6.45) is 0. The predicted octanol–water partition coefficient (Wildman–Crippen LogP) is 5.48. The molecule has 4 aromatic rings. The van der Waals surface area contributed by atoms with Crippen molar-refractivity contribution in [1.29, 1.82) is 0 Å². The molecule has 6 heteroatoms. The molecule has 0 radical (unpaired) electrons. The maximum Gasteiger partial charge on any atom is 0.256 e. The lowest BCUT2D eigenvalue weighted by Gasteiger charge is -2.08. The van der Waals surface area contributed by atoms with Crippen LogP contribution in [0.25, 0.3) is 16.4 Å². The van der Waals surface area contributed by atoms with Gasteiger partial charge in [-0.1, -0.05) is 35.9 Å². The van der Waals surface area contributed by atoms with Crippen molar-refractivity contribution in [3.63, 3.8) is 0 Å². The molecule has 0 bridgehead atoms. The van der Waals surface area contributed by atoms with Gasteiger partial charge in [-0.3, -0.25) is 4.79 Å². The Hall–Kier alpha value is -3.25. The molecule has 0 spiro atoms. The summed E-state index contributed by atoms with van der Waals surface area (Å²) in [5.41, 5.74) is 6.85. The maximum atomic E-state index is 12.8. The molecule has 5 nitrogen and oxygen atoms in total. The van der Waals surface area contributed by atoms with Gasteiger partial charge >= 0.3 is 0 Å². The van der Waals surface area contributed by atoms with E-state index in [1.807, 2.05) is 50.4 Å². The van der Waals surface area contributed by atoms with E-state index in [0.29, 0.717) is 16.5 Å². The van der Waals surface area contributed by atoms with Crippen LogP contribution >= 0.6 is 11.3 Å². The van der Waals surface area contributed by atoms with Crippen LogP contribution in [0.5, 0.6) is 0 Å². The summed E-state index contributed by atoms with van der Waals surface area (Å²) in [4.78, 5) is 17.5. The van der Waals surface area contributed by atoms with Gasteiger partial charge in [0.1, 0.15) is 5.82 Å². The number of hydrogen-bond acceptors (Lipinski definition) is 4. The van der Waals surface area contributed by atoms with Gasteiger partial charge in [0.25, 0.3) is 5.91 Å². The van der Waals surface area contributed by atoms with E-state index in [2.05, 4.69) is 41.6 Å². The monoisotopic (exact) mass is 402 g/mol. The molecule has 0 aliphatic rings. The van der Waals surface area contributed by atoms with Crippen LogP contribution in [0.2, 0.25) is 0 Å². The number of benzene rings is 2. The highest BCUT2D eigenvalue weighted by Gasteiger charge is 2.15. The van der Waals surface area contributed by atoms with Crippen molar-refractivity contribution in [2.24, 2.45) is 0 Å². The fraction of sp³-hybridized carbons (Fsp3) is 0.174. The first kappa shape index (κ1) is 19.1. The summed E-state index contributed by atoms with van der Waals surface area (Å²) in [7, 11) is 0. The molecule has 1 N–H and O–H groups in total. The molecule has 0 aliphatic carbocycles. The zero-order valence-corrected chi connectivity index (χ0v) is 17.7. The van der Waals surface area contributed by atoms with Crippen LogP contribution in [-0.2, 0) is 0 Å². The van der Waals surface area contributed by atoms with Crippen LogP contribution in [0.15, 0.2) is 53.9 Å². The largest absolute Gasteiger partial charge is 0.306 e. The molecular weight excluding hydrogens is 380 g/mol. The average molecular weight is 403 g/mol. The van der Waals surface area contributed by atoms with Crippen LogP contribution in [0, 0.1) is 27.7 Å². The third-order valence-electron chi connectivity index (χ3n) is 4.86. The molecular formula is C23H22N4OS. The highest BCUT2D eigenvalue weighted by Crippen LogP contribution is 2.27. The van der Waals surface area contributed by atoms with Crippen molar-refractivity contribution in [2.45, 2.75) is 27.7 Å². The van der Waals surface area contributed by atoms with Gasteiger partial charge in [0, 0.05) is 22.6 Å². The van der Waals surface area contributed by atoms with Crippen LogP contribution in [0.1, 0.15) is 32.7 Å². The second-order valence-corrected chi connectivity index (χ2v) is 8.05. The van der Waals surface area contributed by atoms with Gasteiger partial charge in [0.2, 0.25) is 5.13 Å². The smallest absolute Gasteiger partial charge is 0.256 e. The number of nitrogens with one attached hydrogen (secondary N) is 1. The maximum absolute atomic E-state index is 12.8. The lowest BCUT2D eigenvalue weighted by Crippen LogP contribution is -2.15. The van der Waals surface area contributed by atoms with Crippen molar-refractivity contribution in [1.82, 2.24) is 14.8 Å². The van der Waals surface area contributed by atoms with E-state index in [4.69, 9.17) is 4.98 Å². The normalized spacial score (nSPS) is 10.9. The lowest BCUT2D eigenvalue weighted by molar-refractivity contribution is 0.102. The molecule has 0 fully saturated rings. The third kappa shape index (κ3) is 3.98. The first-order chi connectivity index (χ1) is 13.9. The Morgan fingerprint density at radius 3 is 2.45 bits per heavy atom. The molecule has 2 aromatic heterocycles. The Balaban J connectivity index is 1.62. The van der Waals surface area contributed by atoms with E-state index in [1.165, 1.54) is 16.9 Å². The molecule has 0 unspecified atom stereocenters. The molecule has 146 valence electrons. The van der Waals surface area contributed by atoms with Crippen molar-refractivity contribution >= 4 is 23.1 Å². The van der Waals surface area contributed by atoms with E-state index in [9.17, 15) is 4.79 Å². The summed E-state index contributed by atoms with van der Waals surface area (Å²) >= 11 is 1.49. The van der Waals surface area contributed by atoms with Crippen LogP contribution < -0.4 is 5.32 Å². The van der Waals surface area contributed by atoms with Crippen molar-refractivity contribution in [3.8, 4) is 16.4 Å². The quantitative estimate of drug-likeness (QED) is 0.491. The van der Waals surface area contributed by atoms with Gasteiger partial charge < -0.3 is 5.32 Å². The van der Waals surface area contributed by atoms with Gasteiger partial charge in [-0.2, -0.15) is 9.78 Å². The van der Waals surface area contributed by atoms with Gasteiger partial charge in [-0.05, 0) is 51.0 Å². The molecule has 2 aromatic carbocycles. The molecule has 4 rings (SSSR count). The highest BCUT2D eigenvalue weighted by atomic mass is 32.1. The average Bonchev–Trinajstić information content (AvgIpc) is 3.31. The van der Waals surface area contributed by atoms with E-state index in [0.717, 1.165) is 28.1 Å². The van der Waals surface area contributed by atoms with E-state index >= 15 is 0 Å². The molecule has 29 heavy (non-hydrogen) atoms. The SMILES string of the molecule is Cc1ccc(-c2csc(-n3nc(C)cc3NC(=O)c3ccc(C)c(C)c3)n2)cc1.